The summed E-state index contributed by atoms with van der Waals surface area (Å²) < 4.78 is 13.2. The van der Waals surface area contributed by atoms with Crippen LogP contribution in [-0.4, -0.2) is 41.7 Å². The Labute approximate surface area is 118 Å². The van der Waals surface area contributed by atoms with Gasteiger partial charge in [0.15, 0.2) is 0 Å². The largest absolute Gasteiger partial charge is 0.395 e. The molecule has 5 heteroatoms. The second-order valence-corrected chi connectivity index (χ2v) is 5.49. The number of aliphatic hydroxyl groups excluding tert-OH is 1. The molecule has 0 saturated carbocycles. The molecule has 110 valence electrons. The number of amides is 1. The number of aryl methyl sites for hydroxylation is 1. The van der Waals surface area contributed by atoms with Crippen molar-refractivity contribution in [2.45, 2.75) is 26.3 Å². The van der Waals surface area contributed by atoms with Gasteiger partial charge in [-0.2, -0.15) is 0 Å². The first-order chi connectivity index (χ1) is 9.51. The number of halogens is 1. The normalized spacial score (nSPS) is 23.0. The quantitative estimate of drug-likeness (QED) is 0.884. The Hall–Kier alpha value is -1.46. The summed E-state index contributed by atoms with van der Waals surface area (Å²) in [4.78, 5) is 14.0. The Kier molecular flexibility index (Phi) is 4.73. The molecule has 2 N–H and O–H groups in total. The number of hydrogen-bond donors (Lipinski definition) is 2. The highest BCUT2D eigenvalue weighted by Crippen LogP contribution is 2.23. The lowest BCUT2D eigenvalue weighted by molar-refractivity contribution is -0.117. The molecule has 2 atom stereocenters. The molecule has 0 aliphatic carbocycles. The highest BCUT2D eigenvalue weighted by molar-refractivity contribution is 5.93. The van der Waals surface area contributed by atoms with Gasteiger partial charge in [0.1, 0.15) is 5.82 Å². The van der Waals surface area contributed by atoms with Crippen LogP contribution in [0.4, 0.5) is 10.1 Å². The number of nitrogens with one attached hydrogen (secondary N) is 1. The molecule has 4 nitrogen and oxygen atoms in total. The first-order valence-electron chi connectivity index (χ1n) is 6.92. The molecule has 1 saturated heterocycles. The SMILES string of the molecule is Cc1ccc(F)cc1NC(=O)CN1CCC(C)C1CO. The Morgan fingerprint density at radius 1 is 1.55 bits per heavy atom. The molecule has 1 aromatic rings. The third-order valence-electron chi connectivity index (χ3n) is 4.00. The summed E-state index contributed by atoms with van der Waals surface area (Å²) in [6.07, 6.45) is 0.984. The molecule has 1 aromatic carbocycles. The van der Waals surface area contributed by atoms with E-state index >= 15 is 0 Å². The van der Waals surface area contributed by atoms with Crippen molar-refractivity contribution in [3.63, 3.8) is 0 Å². The van der Waals surface area contributed by atoms with Gasteiger partial charge in [-0.15, -0.1) is 0 Å². The summed E-state index contributed by atoms with van der Waals surface area (Å²) in [6, 6.07) is 4.37. The minimum Gasteiger partial charge on any atom is -0.395 e. The van der Waals surface area contributed by atoms with Crippen molar-refractivity contribution in [3.05, 3.63) is 29.6 Å². The molecule has 0 aromatic heterocycles. The van der Waals surface area contributed by atoms with Crippen LogP contribution in [0, 0.1) is 18.7 Å². The van der Waals surface area contributed by atoms with Crippen LogP contribution in [0.2, 0.25) is 0 Å². The summed E-state index contributed by atoms with van der Waals surface area (Å²) in [5, 5.41) is 12.1. The van der Waals surface area contributed by atoms with E-state index in [0.29, 0.717) is 11.6 Å². The Morgan fingerprint density at radius 3 is 3.00 bits per heavy atom. The first kappa shape index (κ1) is 14.9. The number of nitrogens with zero attached hydrogens (tertiary/aromatic N) is 1. The average Bonchev–Trinajstić information content (AvgIpc) is 2.74. The van der Waals surface area contributed by atoms with E-state index in [2.05, 4.69) is 12.2 Å². The van der Waals surface area contributed by atoms with Gasteiger partial charge in [0, 0.05) is 11.7 Å². The van der Waals surface area contributed by atoms with E-state index in [1.54, 1.807) is 6.07 Å². The summed E-state index contributed by atoms with van der Waals surface area (Å²) in [5.41, 5.74) is 1.33. The van der Waals surface area contributed by atoms with Crippen molar-refractivity contribution in [2.24, 2.45) is 5.92 Å². The zero-order valence-electron chi connectivity index (χ0n) is 11.9. The zero-order chi connectivity index (χ0) is 14.7. The third-order valence-corrected chi connectivity index (χ3v) is 4.00. The van der Waals surface area contributed by atoms with Gasteiger partial charge in [0.2, 0.25) is 5.91 Å². The lowest BCUT2D eigenvalue weighted by atomic mass is 10.0. The van der Waals surface area contributed by atoms with Gasteiger partial charge in [-0.1, -0.05) is 13.0 Å². The van der Waals surface area contributed by atoms with Crippen molar-refractivity contribution in [1.29, 1.82) is 0 Å². The molecular formula is C15H21FN2O2. The van der Waals surface area contributed by atoms with Crippen LogP contribution < -0.4 is 5.32 Å². The molecule has 1 heterocycles. The van der Waals surface area contributed by atoms with Gasteiger partial charge in [-0.25, -0.2) is 4.39 Å². The minimum atomic E-state index is -0.367. The molecule has 1 aliphatic heterocycles. The van der Waals surface area contributed by atoms with Crippen molar-refractivity contribution in [1.82, 2.24) is 4.90 Å². The maximum absolute atomic E-state index is 13.2. The topological polar surface area (TPSA) is 52.6 Å². The van der Waals surface area contributed by atoms with E-state index in [1.807, 2.05) is 11.8 Å². The maximum atomic E-state index is 13.2. The molecule has 0 spiro atoms. The fourth-order valence-corrected chi connectivity index (χ4v) is 2.68. The molecule has 0 radical (unpaired) electrons. The second kappa shape index (κ2) is 6.33. The molecule has 20 heavy (non-hydrogen) atoms. The van der Waals surface area contributed by atoms with Gasteiger partial charge in [-0.05, 0) is 43.5 Å². The van der Waals surface area contributed by atoms with Gasteiger partial charge >= 0.3 is 0 Å². The highest BCUT2D eigenvalue weighted by atomic mass is 19.1. The Bertz CT molecular complexity index is 493. The number of benzene rings is 1. The Morgan fingerprint density at radius 2 is 2.30 bits per heavy atom. The van der Waals surface area contributed by atoms with E-state index in [-0.39, 0.29) is 30.9 Å². The molecule has 2 unspecified atom stereocenters. The third kappa shape index (κ3) is 3.35. The molecule has 1 amide bonds. The van der Waals surface area contributed by atoms with Crippen molar-refractivity contribution in [3.8, 4) is 0 Å². The van der Waals surface area contributed by atoms with Crippen molar-refractivity contribution < 1.29 is 14.3 Å². The predicted molar refractivity (Wildman–Crippen MR) is 76.0 cm³/mol. The van der Waals surface area contributed by atoms with E-state index in [0.717, 1.165) is 18.5 Å². The van der Waals surface area contributed by atoms with Crippen LogP contribution in [0.25, 0.3) is 0 Å². The number of carbonyl (C=O) groups excluding carboxylic acids is 1. The fourth-order valence-electron chi connectivity index (χ4n) is 2.68. The van der Waals surface area contributed by atoms with Gasteiger partial charge in [0.05, 0.1) is 13.2 Å². The number of likely N-dealkylation sites (tertiary alicyclic amines) is 1. The van der Waals surface area contributed by atoms with E-state index in [4.69, 9.17) is 0 Å². The summed E-state index contributed by atoms with van der Waals surface area (Å²) >= 11 is 0. The lowest BCUT2D eigenvalue weighted by Crippen LogP contribution is -2.40. The Balaban J connectivity index is 1.97. The molecule has 0 bridgehead atoms. The first-order valence-corrected chi connectivity index (χ1v) is 6.92. The monoisotopic (exact) mass is 280 g/mol. The second-order valence-electron chi connectivity index (χ2n) is 5.49. The average molecular weight is 280 g/mol. The number of anilines is 1. The van der Waals surface area contributed by atoms with E-state index in [9.17, 15) is 14.3 Å². The lowest BCUT2D eigenvalue weighted by Gasteiger charge is -2.24. The van der Waals surface area contributed by atoms with Crippen LogP contribution in [0.1, 0.15) is 18.9 Å². The zero-order valence-corrected chi connectivity index (χ0v) is 11.9. The van der Waals surface area contributed by atoms with E-state index in [1.165, 1.54) is 12.1 Å². The summed E-state index contributed by atoms with van der Waals surface area (Å²) in [7, 11) is 0. The summed E-state index contributed by atoms with van der Waals surface area (Å²) in [5.74, 6) is -0.149. The van der Waals surface area contributed by atoms with Gasteiger partial charge in [-0.3, -0.25) is 9.69 Å². The molecule has 2 rings (SSSR count). The highest BCUT2D eigenvalue weighted by Gasteiger charge is 2.31. The smallest absolute Gasteiger partial charge is 0.238 e. The number of carbonyl (C=O) groups is 1. The summed E-state index contributed by atoms with van der Waals surface area (Å²) in [6.45, 7) is 5.00. The van der Waals surface area contributed by atoms with Crippen LogP contribution in [0.5, 0.6) is 0 Å². The van der Waals surface area contributed by atoms with Gasteiger partial charge < -0.3 is 10.4 Å². The van der Waals surface area contributed by atoms with Crippen molar-refractivity contribution >= 4 is 11.6 Å². The molecular weight excluding hydrogens is 259 g/mol. The number of aliphatic hydroxyl groups is 1. The molecule has 1 fully saturated rings. The number of hydrogen-bond acceptors (Lipinski definition) is 3. The van der Waals surface area contributed by atoms with Crippen molar-refractivity contribution in [2.75, 3.05) is 25.0 Å². The standard InChI is InChI=1S/C15H21FN2O2/c1-10-3-4-12(16)7-13(10)17-15(20)8-18-6-5-11(2)14(18)9-19/h3-4,7,11,14,19H,5-6,8-9H2,1-2H3,(H,17,20). The van der Waals surface area contributed by atoms with E-state index < -0.39 is 0 Å². The van der Waals surface area contributed by atoms with Crippen LogP contribution in [-0.2, 0) is 4.79 Å². The fraction of sp³-hybridized carbons (Fsp3) is 0.533. The maximum Gasteiger partial charge on any atom is 0.238 e. The number of rotatable bonds is 4. The van der Waals surface area contributed by atoms with Crippen LogP contribution in [0.3, 0.4) is 0 Å². The minimum absolute atomic E-state index is 0.0364. The van der Waals surface area contributed by atoms with Crippen LogP contribution in [0.15, 0.2) is 18.2 Å². The van der Waals surface area contributed by atoms with Gasteiger partial charge in [0.25, 0.3) is 0 Å². The predicted octanol–water partition coefficient (Wildman–Crippen LogP) is 1.78. The van der Waals surface area contributed by atoms with Crippen LogP contribution >= 0.6 is 0 Å². The molecule has 1 aliphatic rings.